The predicted octanol–water partition coefficient (Wildman–Crippen LogP) is 4.76. The van der Waals surface area contributed by atoms with Gasteiger partial charge in [-0.05, 0) is 35.9 Å². The number of aryl methyl sites for hydroxylation is 1. The third-order valence-corrected chi connectivity index (χ3v) is 5.94. The van der Waals surface area contributed by atoms with E-state index in [9.17, 15) is 9.18 Å². The van der Waals surface area contributed by atoms with Crippen LogP contribution in [0.5, 0.6) is 0 Å². The maximum absolute atomic E-state index is 13.7. The fraction of sp³-hybridized carbons (Fsp3) is 0.267. The molecule has 0 unspecified atom stereocenters. The van der Waals surface area contributed by atoms with Crippen LogP contribution in [0.25, 0.3) is 0 Å². The van der Waals surface area contributed by atoms with Crippen LogP contribution >= 0.6 is 34.7 Å². The molecule has 0 aliphatic carbocycles. The van der Waals surface area contributed by atoms with Gasteiger partial charge in [-0.3, -0.25) is 4.79 Å². The summed E-state index contributed by atoms with van der Waals surface area (Å²) in [7, 11) is 0. The van der Waals surface area contributed by atoms with Crippen molar-refractivity contribution in [3.05, 3.63) is 56.0 Å². The van der Waals surface area contributed by atoms with Crippen molar-refractivity contribution >= 4 is 40.5 Å². The number of hydrogen-bond donors (Lipinski definition) is 0. The van der Waals surface area contributed by atoms with Crippen LogP contribution < -0.4 is 0 Å². The summed E-state index contributed by atoms with van der Waals surface area (Å²) in [6.45, 7) is 0. The van der Waals surface area contributed by atoms with Gasteiger partial charge in [-0.15, -0.1) is 11.3 Å². The second-order valence-corrected chi connectivity index (χ2v) is 7.31. The molecule has 2 heterocycles. The van der Waals surface area contributed by atoms with Gasteiger partial charge in [0, 0.05) is 27.6 Å². The maximum atomic E-state index is 13.7. The van der Waals surface area contributed by atoms with Gasteiger partial charge in [0.05, 0.1) is 4.88 Å². The first-order valence-electron chi connectivity index (χ1n) is 6.30. The topological polar surface area (TPSA) is 17.1 Å². The van der Waals surface area contributed by atoms with Crippen LogP contribution in [0.1, 0.15) is 25.7 Å². The number of thiophene rings is 1. The van der Waals surface area contributed by atoms with Gasteiger partial charge in [-0.25, -0.2) is 4.39 Å². The molecule has 0 atom stereocenters. The summed E-state index contributed by atoms with van der Waals surface area (Å²) in [6, 6.07) is 6.46. The zero-order valence-corrected chi connectivity index (χ0v) is 13.0. The third kappa shape index (κ3) is 2.78. The van der Waals surface area contributed by atoms with Gasteiger partial charge >= 0.3 is 0 Å². The van der Waals surface area contributed by atoms with Crippen LogP contribution in [0.4, 0.5) is 4.39 Å². The second-order valence-electron chi connectivity index (χ2n) is 4.66. The molecule has 0 saturated carbocycles. The van der Waals surface area contributed by atoms with E-state index in [1.807, 2.05) is 17.8 Å². The number of carbonyl (C=O) groups is 1. The number of fused-ring (bicyclic) bond motifs is 1. The number of ketones is 1. The Hall–Kier alpha value is -0.840. The van der Waals surface area contributed by atoms with Gasteiger partial charge < -0.3 is 0 Å². The van der Waals surface area contributed by atoms with E-state index >= 15 is 0 Å². The molecule has 0 N–H and O–H groups in total. The average Bonchev–Trinajstić information content (AvgIpc) is 2.87. The SMILES string of the molecule is O=C(Cc1c(F)cccc1Cl)c1cc2c(s1)CCSC2. The van der Waals surface area contributed by atoms with Crippen molar-refractivity contribution in [2.45, 2.75) is 18.6 Å². The van der Waals surface area contributed by atoms with Crippen molar-refractivity contribution in [1.82, 2.24) is 0 Å². The number of benzene rings is 1. The summed E-state index contributed by atoms with van der Waals surface area (Å²) in [4.78, 5) is 14.3. The number of carbonyl (C=O) groups excluding carboxylic acids is 1. The molecule has 20 heavy (non-hydrogen) atoms. The Morgan fingerprint density at radius 2 is 2.25 bits per heavy atom. The summed E-state index contributed by atoms with van der Waals surface area (Å²) < 4.78 is 13.7. The van der Waals surface area contributed by atoms with E-state index in [0.717, 1.165) is 22.8 Å². The lowest BCUT2D eigenvalue weighted by Gasteiger charge is -2.08. The molecule has 0 saturated heterocycles. The lowest BCUT2D eigenvalue weighted by atomic mass is 10.1. The Kier molecular flexibility index (Phi) is 4.15. The number of halogens is 2. The summed E-state index contributed by atoms with van der Waals surface area (Å²) in [6.07, 6.45) is 1.05. The third-order valence-electron chi connectivity index (χ3n) is 3.30. The highest BCUT2D eigenvalue weighted by atomic mass is 35.5. The molecule has 1 aromatic heterocycles. The van der Waals surface area contributed by atoms with Gasteiger partial charge in [0.1, 0.15) is 5.82 Å². The molecule has 1 aromatic carbocycles. The molecule has 0 amide bonds. The molecule has 0 bridgehead atoms. The highest BCUT2D eigenvalue weighted by Gasteiger charge is 2.19. The highest BCUT2D eigenvalue weighted by Crippen LogP contribution is 2.32. The highest BCUT2D eigenvalue weighted by molar-refractivity contribution is 7.98. The van der Waals surface area contributed by atoms with E-state index < -0.39 is 5.82 Å². The van der Waals surface area contributed by atoms with Crippen molar-refractivity contribution in [1.29, 1.82) is 0 Å². The van der Waals surface area contributed by atoms with Gasteiger partial charge in [-0.1, -0.05) is 17.7 Å². The first-order chi connectivity index (χ1) is 9.65. The minimum atomic E-state index is -0.414. The minimum absolute atomic E-state index is 0.0258. The van der Waals surface area contributed by atoms with E-state index in [-0.39, 0.29) is 12.2 Å². The molecule has 5 heteroatoms. The van der Waals surface area contributed by atoms with Crippen molar-refractivity contribution in [2.75, 3.05) is 5.75 Å². The van der Waals surface area contributed by atoms with Crippen LogP contribution in [0.3, 0.4) is 0 Å². The van der Waals surface area contributed by atoms with Gasteiger partial charge in [0.2, 0.25) is 0 Å². The summed E-state index contributed by atoms with van der Waals surface area (Å²) in [5.41, 5.74) is 1.55. The molecular formula is C15H12ClFOS2. The normalized spacial score (nSPS) is 14.1. The zero-order chi connectivity index (χ0) is 14.1. The first-order valence-corrected chi connectivity index (χ1v) is 8.65. The number of hydrogen-bond acceptors (Lipinski definition) is 3. The van der Waals surface area contributed by atoms with Gasteiger partial charge in [0.25, 0.3) is 0 Å². The van der Waals surface area contributed by atoms with Gasteiger partial charge in [-0.2, -0.15) is 11.8 Å². The largest absolute Gasteiger partial charge is 0.293 e. The first kappa shape index (κ1) is 14.1. The molecule has 0 fully saturated rings. The molecule has 1 aliphatic rings. The molecule has 2 aromatic rings. The summed E-state index contributed by atoms with van der Waals surface area (Å²) in [5.74, 6) is 1.61. The smallest absolute Gasteiger partial charge is 0.177 e. The fourth-order valence-electron chi connectivity index (χ4n) is 2.23. The molecule has 0 radical (unpaired) electrons. The Morgan fingerprint density at radius 1 is 1.40 bits per heavy atom. The standard InChI is InChI=1S/C15H12ClFOS2/c16-11-2-1-3-12(17)10(11)7-13(18)15-6-9-8-19-5-4-14(9)20-15/h1-3,6H,4-5,7-8H2. The molecular weight excluding hydrogens is 315 g/mol. The van der Waals surface area contributed by atoms with Crippen molar-refractivity contribution in [3.8, 4) is 0 Å². The van der Waals surface area contributed by atoms with Crippen LogP contribution in [0, 0.1) is 5.82 Å². The number of Topliss-reactive ketones (excluding diaryl/α,β-unsaturated/α-hetero) is 1. The van der Waals surface area contributed by atoms with E-state index in [2.05, 4.69) is 0 Å². The lowest BCUT2D eigenvalue weighted by Crippen LogP contribution is -2.04. The monoisotopic (exact) mass is 326 g/mol. The Balaban J connectivity index is 1.84. The van der Waals surface area contributed by atoms with Crippen molar-refractivity contribution in [3.63, 3.8) is 0 Å². The quantitative estimate of drug-likeness (QED) is 0.757. The van der Waals surface area contributed by atoms with E-state index in [1.54, 1.807) is 23.5 Å². The van der Waals surface area contributed by atoms with Crippen molar-refractivity contribution in [2.24, 2.45) is 0 Å². The Morgan fingerprint density at radius 3 is 3.00 bits per heavy atom. The predicted molar refractivity (Wildman–Crippen MR) is 83.6 cm³/mol. The minimum Gasteiger partial charge on any atom is -0.293 e. The molecule has 0 spiro atoms. The van der Waals surface area contributed by atoms with Crippen LogP contribution in [0.15, 0.2) is 24.3 Å². The Labute approximate surface area is 130 Å². The van der Waals surface area contributed by atoms with E-state index in [1.165, 1.54) is 16.5 Å². The second kappa shape index (κ2) is 5.88. The fourth-order valence-corrected chi connectivity index (χ4v) is 4.77. The molecule has 104 valence electrons. The van der Waals surface area contributed by atoms with Crippen LogP contribution in [-0.2, 0) is 18.6 Å². The molecule has 1 nitrogen and oxygen atoms in total. The van der Waals surface area contributed by atoms with Crippen LogP contribution in [0.2, 0.25) is 5.02 Å². The van der Waals surface area contributed by atoms with Gasteiger partial charge in [0.15, 0.2) is 5.78 Å². The molecule has 3 rings (SSSR count). The molecule has 1 aliphatic heterocycles. The summed E-state index contributed by atoms with van der Waals surface area (Å²) in [5, 5.41) is 0.315. The lowest BCUT2D eigenvalue weighted by molar-refractivity contribution is 0.0995. The van der Waals surface area contributed by atoms with Crippen LogP contribution in [-0.4, -0.2) is 11.5 Å². The van der Waals surface area contributed by atoms with E-state index in [0.29, 0.717) is 10.6 Å². The Bertz CT molecular complexity index is 622. The van der Waals surface area contributed by atoms with Crippen molar-refractivity contribution < 1.29 is 9.18 Å². The number of rotatable bonds is 3. The number of thioether (sulfide) groups is 1. The summed E-state index contributed by atoms with van der Waals surface area (Å²) >= 11 is 9.40. The zero-order valence-electron chi connectivity index (χ0n) is 10.6. The average molecular weight is 327 g/mol. The maximum Gasteiger partial charge on any atom is 0.177 e. The van der Waals surface area contributed by atoms with E-state index in [4.69, 9.17) is 11.6 Å².